The molecule has 3 nitrogen and oxygen atoms in total. The van der Waals surface area contributed by atoms with Crippen LogP contribution in [-0.2, 0) is 6.54 Å². The Morgan fingerprint density at radius 2 is 2.57 bits per heavy atom. The standard InChI is InChI=1S/C11H17N3/c1-14(8-10-4-2-6-12-10)9-11-5-3-7-13-11/h2,4,6-7,11-12H,3,5,8-9H2,1H3. The van der Waals surface area contributed by atoms with Crippen molar-refractivity contribution in [3.05, 3.63) is 24.0 Å². The molecule has 0 aromatic carbocycles. The fourth-order valence-electron chi connectivity index (χ4n) is 1.88. The minimum Gasteiger partial charge on any atom is -0.364 e. The SMILES string of the molecule is CN(Cc1ccc[nH]1)CC1CCC=N1. The van der Waals surface area contributed by atoms with Gasteiger partial charge in [-0.15, -0.1) is 0 Å². The lowest BCUT2D eigenvalue weighted by Crippen LogP contribution is -2.26. The highest BCUT2D eigenvalue weighted by Gasteiger charge is 2.12. The van der Waals surface area contributed by atoms with Crippen molar-refractivity contribution >= 4 is 6.21 Å². The molecular formula is C11H17N3. The maximum Gasteiger partial charge on any atom is 0.0626 e. The molecule has 2 rings (SSSR count). The fourth-order valence-corrected chi connectivity index (χ4v) is 1.88. The molecular weight excluding hydrogens is 174 g/mol. The summed E-state index contributed by atoms with van der Waals surface area (Å²) in [6, 6.07) is 4.68. The molecule has 0 saturated carbocycles. The van der Waals surface area contributed by atoms with Crippen LogP contribution in [0.5, 0.6) is 0 Å². The van der Waals surface area contributed by atoms with E-state index in [1.807, 2.05) is 18.5 Å². The molecule has 0 spiro atoms. The summed E-state index contributed by atoms with van der Waals surface area (Å²) < 4.78 is 0. The molecule has 1 unspecified atom stereocenters. The molecule has 0 saturated heterocycles. The first-order valence-corrected chi connectivity index (χ1v) is 5.17. The molecule has 2 heterocycles. The first-order chi connectivity index (χ1) is 6.84. The average Bonchev–Trinajstić information content (AvgIpc) is 2.76. The summed E-state index contributed by atoms with van der Waals surface area (Å²) in [5.74, 6) is 0. The lowest BCUT2D eigenvalue weighted by molar-refractivity contribution is 0.301. The van der Waals surface area contributed by atoms with E-state index in [0.717, 1.165) is 19.5 Å². The van der Waals surface area contributed by atoms with E-state index in [-0.39, 0.29) is 0 Å². The second-order valence-electron chi connectivity index (χ2n) is 3.95. The molecule has 3 heteroatoms. The number of aromatic nitrogens is 1. The number of likely N-dealkylation sites (N-methyl/N-ethyl adjacent to an activating group) is 1. The van der Waals surface area contributed by atoms with Crippen molar-refractivity contribution in [1.82, 2.24) is 9.88 Å². The van der Waals surface area contributed by atoms with Crippen LogP contribution in [-0.4, -0.2) is 35.7 Å². The number of nitrogens with one attached hydrogen (secondary N) is 1. The Bertz CT molecular complexity index is 289. The van der Waals surface area contributed by atoms with Crippen LogP contribution >= 0.6 is 0 Å². The van der Waals surface area contributed by atoms with Crippen molar-refractivity contribution in [2.24, 2.45) is 4.99 Å². The molecule has 14 heavy (non-hydrogen) atoms. The molecule has 1 N–H and O–H groups in total. The van der Waals surface area contributed by atoms with E-state index in [4.69, 9.17) is 0 Å². The lowest BCUT2D eigenvalue weighted by atomic mass is 10.2. The van der Waals surface area contributed by atoms with Crippen molar-refractivity contribution in [3.63, 3.8) is 0 Å². The third-order valence-corrected chi connectivity index (χ3v) is 2.57. The topological polar surface area (TPSA) is 31.4 Å². The van der Waals surface area contributed by atoms with E-state index < -0.39 is 0 Å². The maximum atomic E-state index is 4.43. The van der Waals surface area contributed by atoms with Crippen molar-refractivity contribution in [2.45, 2.75) is 25.4 Å². The number of H-pyrrole nitrogens is 1. The number of aromatic amines is 1. The van der Waals surface area contributed by atoms with Crippen LogP contribution in [0.2, 0.25) is 0 Å². The third kappa shape index (κ3) is 2.45. The smallest absolute Gasteiger partial charge is 0.0626 e. The third-order valence-electron chi connectivity index (χ3n) is 2.57. The Balaban J connectivity index is 1.78. The van der Waals surface area contributed by atoms with Gasteiger partial charge in [-0.1, -0.05) is 0 Å². The Labute approximate surface area is 84.8 Å². The van der Waals surface area contributed by atoms with Gasteiger partial charge in [0.2, 0.25) is 0 Å². The molecule has 1 aliphatic rings. The van der Waals surface area contributed by atoms with Crippen LogP contribution in [0.1, 0.15) is 18.5 Å². The Morgan fingerprint density at radius 1 is 1.64 bits per heavy atom. The summed E-state index contributed by atoms with van der Waals surface area (Å²) >= 11 is 0. The van der Waals surface area contributed by atoms with Gasteiger partial charge in [-0.2, -0.15) is 0 Å². The van der Waals surface area contributed by atoms with Gasteiger partial charge in [0.15, 0.2) is 0 Å². The number of nitrogens with zero attached hydrogens (tertiary/aromatic N) is 2. The highest BCUT2D eigenvalue weighted by atomic mass is 15.1. The highest BCUT2D eigenvalue weighted by Crippen LogP contribution is 2.10. The van der Waals surface area contributed by atoms with Gasteiger partial charge in [0, 0.05) is 25.0 Å². The molecule has 0 aliphatic carbocycles. The van der Waals surface area contributed by atoms with E-state index in [0.29, 0.717) is 6.04 Å². The normalized spacial score (nSPS) is 20.9. The average molecular weight is 191 g/mol. The van der Waals surface area contributed by atoms with Crippen LogP contribution in [0.25, 0.3) is 0 Å². The second-order valence-corrected chi connectivity index (χ2v) is 3.95. The monoisotopic (exact) mass is 191 g/mol. The molecule has 0 amide bonds. The second kappa shape index (κ2) is 4.42. The van der Waals surface area contributed by atoms with Crippen LogP contribution < -0.4 is 0 Å². The fraction of sp³-hybridized carbons (Fsp3) is 0.545. The summed E-state index contributed by atoms with van der Waals surface area (Å²) in [5.41, 5.74) is 1.27. The molecule has 0 fully saturated rings. The molecule has 0 radical (unpaired) electrons. The molecule has 1 aliphatic heterocycles. The van der Waals surface area contributed by atoms with Gasteiger partial charge in [-0.05, 0) is 38.2 Å². The minimum absolute atomic E-state index is 0.523. The van der Waals surface area contributed by atoms with Gasteiger partial charge in [0.05, 0.1) is 6.04 Å². The number of hydrogen-bond acceptors (Lipinski definition) is 2. The van der Waals surface area contributed by atoms with Gasteiger partial charge in [0.25, 0.3) is 0 Å². The summed E-state index contributed by atoms with van der Waals surface area (Å²) in [7, 11) is 2.15. The highest BCUT2D eigenvalue weighted by molar-refractivity contribution is 5.59. The predicted octanol–water partition coefficient (Wildman–Crippen LogP) is 1.68. The first-order valence-electron chi connectivity index (χ1n) is 5.17. The van der Waals surface area contributed by atoms with E-state index in [2.05, 4.69) is 28.0 Å². The van der Waals surface area contributed by atoms with Crippen molar-refractivity contribution in [2.75, 3.05) is 13.6 Å². The first kappa shape index (κ1) is 9.46. The van der Waals surface area contributed by atoms with Crippen LogP contribution in [0.4, 0.5) is 0 Å². The van der Waals surface area contributed by atoms with E-state index >= 15 is 0 Å². The molecule has 76 valence electrons. The molecule has 1 aromatic rings. The predicted molar refractivity (Wildman–Crippen MR) is 58.6 cm³/mol. The van der Waals surface area contributed by atoms with Gasteiger partial charge in [-0.3, -0.25) is 9.89 Å². The van der Waals surface area contributed by atoms with E-state index in [1.165, 1.54) is 12.1 Å². The Morgan fingerprint density at radius 3 is 3.21 bits per heavy atom. The zero-order valence-corrected chi connectivity index (χ0v) is 8.61. The largest absolute Gasteiger partial charge is 0.364 e. The summed E-state index contributed by atoms with van der Waals surface area (Å²) in [4.78, 5) is 9.96. The van der Waals surface area contributed by atoms with Crippen LogP contribution in [0, 0.1) is 0 Å². The summed E-state index contributed by atoms with van der Waals surface area (Å²) in [5, 5.41) is 0. The van der Waals surface area contributed by atoms with Gasteiger partial charge in [0.1, 0.15) is 0 Å². The number of rotatable bonds is 4. The summed E-state index contributed by atoms with van der Waals surface area (Å²) in [6.45, 7) is 2.05. The summed E-state index contributed by atoms with van der Waals surface area (Å²) in [6.07, 6.45) is 6.39. The van der Waals surface area contributed by atoms with Crippen LogP contribution in [0.15, 0.2) is 23.3 Å². The zero-order valence-electron chi connectivity index (χ0n) is 8.61. The zero-order chi connectivity index (χ0) is 9.80. The van der Waals surface area contributed by atoms with Crippen molar-refractivity contribution in [3.8, 4) is 0 Å². The molecule has 1 aromatic heterocycles. The lowest BCUT2D eigenvalue weighted by Gasteiger charge is -2.18. The van der Waals surface area contributed by atoms with Gasteiger partial charge < -0.3 is 4.98 Å². The van der Waals surface area contributed by atoms with Crippen LogP contribution in [0.3, 0.4) is 0 Å². The van der Waals surface area contributed by atoms with Crippen molar-refractivity contribution < 1.29 is 0 Å². The Kier molecular flexibility index (Phi) is 2.99. The minimum atomic E-state index is 0.523. The number of aliphatic imine (C=N–C) groups is 1. The van der Waals surface area contributed by atoms with Gasteiger partial charge in [-0.25, -0.2) is 0 Å². The maximum absolute atomic E-state index is 4.43. The molecule has 0 bridgehead atoms. The number of hydrogen-bond donors (Lipinski definition) is 1. The van der Waals surface area contributed by atoms with Crippen molar-refractivity contribution in [1.29, 1.82) is 0 Å². The quantitative estimate of drug-likeness (QED) is 0.771. The Hall–Kier alpha value is -1.09. The van der Waals surface area contributed by atoms with E-state index in [9.17, 15) is 0 Å². The van der Waals surface area contributed by atoms with E-state index in [1.54, 1.807) is 0 Å². The van der Waals surface area contributed by atoms with Gasteiger partial charge >= 0.3 is 0 Å². The molecule has 1 atom stereocenters.